The van der Waals surface area contributed by atoms with Crippen molar-refractivity contribution in [3.8, 4) is 0 Å². The van der Waals surface area contributed by atoms with E-state index < -0.39 is 38.2 Å². The number of carboxylic acids is 1. The van der Waals surface area contributed by atoms with Crippen LogP contribution in [-0.4, -0.2) is 17.0 Å². The van der Waals surface area contributed by atoms with Crippen molar-refractivity contribution in [2.24, 2.45) is 0 Å². The second-order valence-corrected chi connectivity index (χ2v) is 8.69. The average Bonchev–Trinajstić information content (AvgIpc) is 2.46. The third-order valence-corrected chi connectivity index (χ3v) is 5.25. The van der Waals surface area contributed by atoms with Crippen LogP contribution < -0.4 is 5.32 Å². The maximum atomic E-state index is 13.1. The number of aromatic carboxylic acids is 1. The summed E-state index contributed by atoms with van der Waals surface area (Å²) < 4.78 is 65.7. The third-order valence-electron chi connectivity index (χ3n) is 3.50. The summed E-state index contributed by atoms with van der Waals surface area (Å²) in [5.74, 6) is -2.97. The van der Waals surface area contributed by atoms with Gasteiger partial charge in [0, 0.05) is 5.69 Å². The summed E-state index contributed by atoms with van der Waals surface area (Å²) in [6.45, 7) is 1.06. The maximum Gasteiger partial charge on any atom is 0.336 e. The Morgan fingerprint density at radius 1 is 1.04 bits per heavy atom. The van der Waals surface area contributed by atoms with Crippen molar-refractivity contribution in [1.82, 2.24) is 0 Å². The Morgan fingerprint density at radius 2 is 1.56 bits per heavy atom. The first-order valence-corrected chi connectivity index (χ1v) is 9.59. The highest BCUT2D eigenvalue weighted by molar-refractivity contribution is 8.45. The molecule has 0 atom stereocenters. The first-order chi connectivity index (χ1) is 12.0. The van der Waals surface area contributed by atoms with Gasteiger partial charge in [-0.1, -0.05) is 48.7 Å². The summed E-state index contributed by atoms with van der Waals surface area (Å²) in [4.78, 5) is 21.0. The van der Waals surface area contributed by atoms with Gasteiger partial charge < -0.3 is 10.4 Å². The highest BCUT2D eigenvalue weighted by Crippen LogP contribution is 3.02. The molecule has 0 saturated carbocycles. The second kappa shape index (κ2) is 5.98. The van der Waals surface area contributed by atoms with Gasteiger partial charge in [-0.05, 0) is 36.8 Å². The van der Waals surface area contributed by atoms with E-state index in [-0.39, 0.29) is 33.3 Å². The zero-order valence-electron chi connectivity index (χ0n) is 13.2. The number of carboxylic acid groups (broad SMARTS) is 1. The number of amides is 1. The van der Waals surface area contributed by atoms with E-state index in [0.717, 1.165) is 6.92 Å². The molecule has 0 heterocycles. The van der Waals surface area contributed by atoms with Crippen LogP contribution in [0.25, 0.3) is 0 Å². The van der Waals surface area contributed by atoms with Crippen LogP contribution in [0.3, 0.4) is 0 Å². The van der Waals surface area contributed by atoms with Crippen molar-refractivity contribution in [2.75, 3.05) is 5.32 Å². The molecule has 27 heavy (non-hydrogen) atoms. The number of carbonyl (C=O) groups excluding carboxylic acids is 1. The molecule has 12 heteroatoms. The van der Waals surface area contributed by atoms with E-state index in [1.54, 1.807) is 0 Å². The van der Waals surface area contributed by atoms with Gasteiger partial charge in [0.1, 0.15) is 4.90 Å². The van der Waals surface area contributed by atoms with Gasteiger partial charge >= 0.3 is 16.2 Å². The molecular weight excluding hydrogens is 440 g/mol. The molecule has 0 aliphatic rings. The summed E-state index contributed by atoms with van der Waals surface area (Å²) in [6.07, 6.45) is 0. The number of carbonyl (C=O) groups is 2. The predicted molar refractivity (Wildman–Crippen MR) is 94.0 cm³/mol. The first kappa shape index (κ1) is 21.3. The Labute approximate surface area is 159 Å². The van der Waals surface area contributed by atoms with E-state index in [2.05, 4.69) is 0 Å². The normalized spacial score (nSPS) is 14.2. The molecule has 0 aromatic heterocycles. The fourth-order valence-electron chi connectivity index (χ4n) is 2.16. The number of hydrogen-bond acceptors (Lipinski definition) is 2. The summed E-state index contributed by atoms with van der Waals surface area (Å²) in [5.41, 5.74) is -2.47. The van der Waals surface area contributed by atoms with E-state index in [0.29, 0.717) is 0 Å². The molecule has 4 nitrogen and oxygen atoms in total. The lowest BCUT2D eigenvalue weighted by atomic mass is 10.1. The van der Waals surface area contributed by atoms with E-state index >= 15 is 0 Å². The minimum atomic E-state index is -10.2. The number of anilines is 1. The van der Waals surface area contributed by atoms with Crippen molar-refractivity contribution in [3.63, 3.8) is 0 Å². The minimum absolute atomic E-state index is 0.0218. The molecule has 1 amide bonds. The maximum absolute atomic E-state index is 13.1. The lowest BCUT2D eigenvalue weighted by Gasteiger charge is -2.41. The quantitative estimate of drug-likeness (QED) is 0.498. The Balaban J connectivity index is 2.65. The van der Waals surface area contributed by atoms with Crippen LogP contribution in [0.1, 0.15) is 26.3 Å². The Kier molecular flexibility index (Phi) is 4.71. The third kappa shape index (κ3) is 4.63. The molecule has 2 aromatic rings. The van der Waals surface area contributed by atoms with Gasteiger partial charge in [-0.25, -0.2) is 4.79 Å². The van der Waals surface area contributed by atoms with Crippen LogP contribution in [0.4, 0.5) is 25.1 Å². The standard InChI is InChI=1S/C15H10Cl2F5NO3S/c1-7-9(15(25)26)5-8(27(18,19,20,21)22)6-12(7)23-14(24)13-10(16)3-2-4-11(13)17/h2-6H,1H3,(H,23,24)(H,25,26). The highest BCUT2D eigenvalue weighted by Gasteiger charge is 2.65. The van der Waals surface area contributed by atoms with Gasteiger partial charge in [0.15, 0.2) is 0 Å². The van der Waals surface area contributed by atoms with E-state index in [9.17, 15) is 29.0 Å². The summed E-state index contributed by atoms with van der Waals surface area (Å²) in [5, 5.41) is 10.7. The molecule has 2 aromatic carbocycles. The fraction of sp³-hybridized carbons (Fsp3) is 0.0667. The van der Waals surface area contributed by atoms with Crippen LogP contribution >= 0.6 is 33.4 Å². The van der Waals surface area contributed by atoms with Crippen molar-refractivity contribution >= 4 is 51.0 Å². The van der Waals surface area contributed by atoms with Crippen LogP contribution in [0.15, 0.2) is 35.2 Å². The van der Waals surface area contributed by atoms with Crippen molar-refractivity contribution < 1.29 is 34.1 Å². The molecule has 0 saturated heterocycles. The summed E-state index contributed by atoms with van der Waals surface area (Å²) >= 11 is 11.7. The van der Waals surface area contributed by atoms with Crippen LogP contribution in [0.2, 0.25) is 10.0 Å². The Morgan fingerprint density at radius 3 is 2.00 bits per heavy atom. The predicted octanol–water partition coefficient (Wildman–Crippen LogP) is 6.91. The van der Waals surface area contributed by atoms with Gasteiger partial charge in [0.25, 0.3) is 5.91 Å². The fourth-order valence-corrected chi connectivity index (χ4v) is 3.41. The SMILES string of the molecule is Cc1c(NC(=O)c2c(Cl)cccc2Cl)cc(S(F)(F)(F)(F)F)cc1C(=O)O. The highest BCUT2D eigenvalue weighted by atomic mass is 35.5. The molecule has 0 spiro atoms. The van der Waals surface area contributed by atoms with E-state index in [1.165, 1.54) is 18.2 Å². The summed E-state index contributed by atoms with van der Waals surface area (Å²) in [6, 6.07) is 3.78. The first-order valence-electron chi connectivity index (χ1n) is 6.88. The molecule has 0 bridgehead atoms. The molecule has 0 radical (unpaired) electrons. The van der Waals surface area contributed by atoms with Gasteiger partial charge in [0.2, 0.25) is 0 Å². The van der Waals surface area contributed by atoms with Crippen molar-refractivity contribution in [3.05, 3.63) is 57.1 Å². The van der Waals surface area contributed by atoms with Crippen molar-refractivity contribution in [2.45, 2.75) is 11.8 Å². The number of benzene rings is 2. The molecule has 0 unspecified atom stereocenters. The lowest BCUT2D eigenvalue weighted by molar-refractivity contribution is 0.0695. The average molecular weight is 450 g/mol. The smallest absolute Gasteiger partial charge is 0.336 e. The number of nitrogens with one attached hydrogen (secondary N) is 1. The van der Waals surface area contributed by atoms with Crippen LogP contribution in [0, 0.1) is 6.92 Å². The topological polar surface area (TPSA) is 66.4 Å². The van der Waals surface area contributed by atoms with Gasteiger partial charge in [-0.3, -0.25) is 4.79 Å². The van der Waals surface area contributed by atoms with Gasteiger partial charge in [0.05, 0.1) is 21.2 Å². The Hall–Kier alpha value is -2.04. The summed E-state index contributed by atoms with van der Waals surface area (Å²) in [7, 11) is -10.2. The molecular formula is C15H10Cl2F5NO3S. The molecule has 2 rings (SSSR count). The molecule has 0 aliphatic heterocycles. The lowest BCUT2D eigenvalue weighted by Crippen LogP contribution is -2.17. The van der Waals surface area contributed by atoms with E-state index in [1.807, 2.05) is 5.32 Å². The monoisotopic (exact) mass is 449 g/mol. The molecule has 2 N–H and O–H groups in total. The zero-order chi connectivity index (χ0) is 20.8. The van der Waals surface area contributed by atoms with Crippen molar-refractivity contribution in [1.29, 1.82) is 0 Å². The number of hydrogen-bond donors (Lipinski definition) is 2. The minimum Gasteiger partial charge on any atom is -0.478 e. The molecule has 0 aliphatic carbocycles. The van der Waals surface area contributed by atoms with Crippen LogP contribution in [0.5, 0.6) is 0 Å². The zero-order valence-corrected chi connectivity index (χ0v) is 15.5. The number of rotatable bonds is 4. The van der Waals surface area contributed by atoms with Crippen LogP contribution in [-0.2, 0) is 0 Å². The second-order valence-electron chi connectivity index (χ2n) is 5.47. The Bertz CT molecular complexity index is 960. The van der Waals surface area contributed by atoms with Gasteiger partial charge in [-0.2, -0.15) is 0 Å². The molecule has 148 valence electrons. The molecule has 0 fully saturated rings. The largest absolute Gasteiger partial charge is 0.478 e. The number of halogens is 7. The van der Waals surface area contributed by atoms with Gasteiger partial charge in [-0.15, -0.1) is 0 Å². The van der Waals surface area contributed by atoms with E-state index in [4.69, 9.17) is 28.3 Å².